The van der Waals surface area contributed by atoms with Crippen molar-refractivity contribution in [3.05, 3.63) is 47.8 Å². The molecule has 0 aliphatic carbocycles. The fraction of sp³-hybridized carbons (Fsp3) is 0.176. The molecule has 8 nitrogen and oxygen atoms in total. The molecule has 0 spiro atoms. The van der Waals surface area contributed by atoms with Crippen molar-refractivity contribution in [2.45, 2.75) is 6.92 Å². The molecule has 3 rings (SSSR count). The lowest BCUT2D eigenvalue weighted by molar-refractivity contribution is 0.102. The summed E-state index contributed by atoms with van der Waals surface area (Å²) in [5.74, 6) is 1.48. The van der Waals surface area contributed by atoms with E-state index in [0.717, 1.165) is 11.3 Å². The van der Waals surface area contributed by atoms with Gasteiger partial charge < -0.3 is 9.47 Å². The van der Waals surface area contributed by atoms with Crippen LogP contribution in [-0.4, -0.2) is 40.3 Å². The molecular weight excluding hydrogens is 322 g/mol. The molecule has 0 aliphatic heterocycles. The van der Waals surface area contributed by atoms with Crippen LogP contribution in [0.2, 0.25) is 0 Å². The number of hydrogen-bond donors (Lipinski definition) is 2. The van der Waals surface area contributed by atoms with Crippen LogP contribution in [0.25, 0.3) is 11.4 Å². The molecule has 2 heterocycles. The van der Waals surface area contributed by atoms with Gasteiger partial charge in [0.05, 0.1) is 14.2 Å². The zero-order chi connectivity index (χ0) is 17.8. The number of H-pyrrole nitrogens is 1. The molecule has 2 N–H and O–H groups in total. The van der Waals surface area contributed by atoms with Crippen molar-refractivity contribution >= 4 is 11.9 Å². The molecule has 1 aromatic carbocycles. The highest BCUT2D eigenvalue weighted by Gasteiger charge is 2.13. The highest BCUT2D eigenvalue weighted by atomic mass is 16.5. The van der Waals surface area contributed by atoms with E-state index >= 15 is 0 Å². The highest BCUT2D eigenvalue weighted by Crippen LogP contribution is 2.31. The average molecular weight is 339 g/mol. The van der Waals surface area contributed by atoms with E-state index in [2.05, 4.69) is 25.5 Å². The number of ether oxygens (including phenoxy) is 2. The number of aryl methyl sites for hydroxylation is 1. The molecule has 0 saturated carbocycles. The van der Waals surface area contributed by atoms with Crippen LogP contribution in [0.3, 0.4) is 0 Å². The molecule has 0 bridgehead atoms. The number of rotatable bonds is 5. The third kappa shape index (κ3) is 3.57. The maximum absolute atomic E-state index is 12.2. The first-order valence-corrected chi connectivity index (χ1v) is 7.50. The Morgan fingerprint density at radius 3 is 2.60 bits per heavy atom. The first kappa shape index (κ1) is 16.4. The largest absolute Gasteiger partial charge is 0.493 e. The molecule has 0 radical (unpaired) electrons. The fourth-order valence-corrected chi connectivity index (χ4v) is 2.27. The van der Waals surface area contributed by atoms with E-state index in [1.165, 1.54) is 0 Å². The molecule has 1 amide bonds. The van der Waals surface area contributed by atoms with Crippen molar-refractivity contribution in [2.75, 3.05) is 19.5 Å². The second-order valence-corrected chi connectivity index (χ2v) is 5.20. The van der Waals surface area contributed by atoms with Gasteiger partial charge in [-0.25, -0.2) is 4.98 Å². The SMILES string of the molecule is COc1ccc(-c2nc(NC(=O)c3cccc(C)n3)n[nH]2)cc1OC. The summed E-state index contributed by atoms with van der Waals surface area (Å²) in [6.07, 6.45) is 0. The number of carbonyl (C=O) groups is 1. The third-order valence-electron chi connectivity index (χ3n) is 3.49. The number of carbonyl (C=O) groups excluding carboxylic acids is 1. The minimum Gasteiger partial charge on any atom is -0.493 e. The maximum Gasteiger partial charge on any atom is 0.276 e. The average Bonchev–Trinajstić information content (AvgIpc) is 3.09. The number of pyridine rings is 1. The van der Waals surface area contributed by atoms with Gasteiger partial charge in [0.1, 0.15) is 5.69 Å². The summed E-state index contributed by atoms with van der Waals surface area (Å²) in [5.41, 5.74) is 1.81. The number of nitrogens with one attached hydrogen (secondary N) is 2. The molecule has 3 aromatic rings. The van der Waals surface area contributed by atoms with Crippen LogP contribution in [0, 0.1) is 6.92 Å². The first-order chi connectivity index (χ1) is 12.1. The first-order valence-electron chi connectivity index (χ1n) is 7.50. The van der Waals surface area contributed by atoms with Gasteiger partial charge in [-0.1, -0.05) is 6.07 Å². The van der Waals surface area contributed by atoms with Gasteiger partial charge in [0, 0.05) is 11.3 Å². The van der Waals surface area contributed by atoms with Crippen LogP contribution in [0.4, 0.5) is 5.95 Å². The van der Waals surface area contributed by atoms with E-state index in [-0.39, 0.29) is 11.9 Å². The van der Waals surface area contributed by atoms with Gasteiger partial charge in [-0.15, -0.1) is 5.10 Å². The third-order valence-corrected chi connectivity index (χ3v) is 3.49. The van der Waals surface area contributed by atoms with E-state index in [0.29, 0.717) is 23.0 Å². The Kier molecular flexibility index (Phi) is 4.60. The van der Waals surface area contributed by atoms with Crippen LogP contribution in [-0.2, 0) is 0 Å². The molecule has 25 heavy (non-hydrogen) atoms. The van der Waals surface area contributed by atoms with Crippen molar-refractivity contribution in [2.24, 2.45) is 0 Å². The van der Waals surface area contributed by atoms with Gasteiger partial charge >= 0.3 is 0 Å². The van der Waals surface area contributed by atoms with Gasteiger partial charge in [-0.2, -0.15) is 4.98 Å². The van der Waals surface area contributed by atoms with E-state index in [1.54, 1.807) is 38.5 Å². The van der Waals surface area contributed by atoms with Crippen LogP contribution >= 0.6 is 0 Å². The Balaban J connectivity index is 1.79. The minimum atomic E-state index is -0.374. The predicted octanol–water partition coefficient (Wildman–Crippen LogP) is 2.44. The van der Waals surface area contributed by atoms with E-state index < -0.39 is 0 Å². The summed E-state index contributed by atoms with van der Waals surface area (Å²) in [6, 6.07) is 10.6. The van der Waals surface area contributed by atoms with Crippen molar-refractivity contribution in [1.29, 1.82) is 0 Å². The summed E-state index contributed by atoms with van der Waals surface area (Å²) in [5, 5.41) is 9.41. The van der Waals surface area contributed by atoms with Crippen molar-refractivity contribution in [1.82, 2.24) is 20.2 Å². The standard InChI is InChI=1S/C17H17N5O3/c1-10-5-4-6-12(18-10)16(23)20-17-19-15(21-22-17)11-7-8-13(24-2)14(9-11)25-3/h4-9H,1-3H3,(H2,19,20,21,22,23). The Labute approximate surface area is 144 Å². The van der Waals surface area contributed by atoms with Crippen LogP contribution in [0.5, 0.6) is 11.5 Å². The summed E-state index contributed by atoms with van der Waals surface area (Å²) in [4.78, 5) is 20.6. The molecule has 0 atom stereocenters. The molecule has 128 valence electrons. The van der Waals surface area contributed by atoms with Crippen LogP contribution < -0.4 is 14.8 Å². The second-order valence-electron chi connectivity index (χ2n) is 5.20. The zero-order valence-electron chi connectivity index (χ0n) is 14.0. The number of hydrogen-bond acceptors (Lipinski definition) is 6. The molecule has 0 unspecified atom stereocenters. The summed E-state index contributed by atoms with van der Waals surface area (Å²) >= 11 is 0. The van der Waals surface area contributed by atoms with Gasteiger partial charge in [-0.05, 0) is 37.3 Å². The van der Waals surface area contributed by atoms with Gasteiger partial charge in [0.25, 0.3) is 5.91 Å². The molecule has 0 fully saturated rings. The zero-order valence-corrected chi connectivity index (χ0v) is 14.0. The van der Waals surface area contributed by atoms with E-state index in [1.807, 2.05) is 19.1 Å². The fourth-order valence-electron chi connectivity index (χ4n) is 2.27. The quantitative estimate of drug-likeness (QED) is 0.740. The normalized spacial score (nSPS) is 10.4. The monoisotopic (exact) mass is 339 g/mol. The number of aromatic nitrogens is 4. The molecule has 0 saturated heterocycles. The summed E-state index contributed by atoms with van der Waals surface area (Å²) < 4.78 is 10.5. The van der Waals surface area contributed by atoms with Crippen LogP contribution in [0.15, 0.2) is 36.4 Å². The number of benzene rings is 1. The lowest BCUT2D eigenvalue weighted by Gasteiger charge is -2.07. The Hall–Kier alpha value is -3.42. The van der Waals surface area contributed by atoms with Crippen molar-refractivity contribution in [3.8, 4) is 22.9 Å². The van der Waals surface area contributed by atoms with E-state index in [4.69, 9.17) is 9.47 Å². The Morgan fingerprint density at radius 1 is 1.08 bits per heavy atom. The molecule has 8 heteroatoms. The Bertz CT molecular complexity index is 907. The summed E-state index contributed by atoms with van der Waals surface area (Å²) in [6.45, 7) is 1.82. The molecular formula is C17H17N5O3. The topological polar surface area (TPSA) is 102 Å². The molecule has 2 aromatic heterocycles. The van der Waals surface area contributed by atoms with Crippen molar-refractivity contribution in [3.63, 3.8) is 0 Å². The number of amides is 1. The van der Waals surface area contributed by atoms with Gasteiger partial charge in [-0.3, -0.25) is 15.2 Å². The number of anilines is 1. The minimum absolute atomic E-state index is 0.165. The van der Waals surface area contributed by atoms with Crippen molar-refractivity contribution < 1.29 is 14.3 Å². The van der Waals surface area contributed by atoms with E-state index in [9.17, 15) is 4.79 Å². The number of aromatic amines is 1. The molecule has 0 aliphatic rings. The maximum atomic E-state index is 12.2. The predicted molar refractivity (Wildman–Crippen MR) is 91.8 cm³/mol. The smallest absolute Gasteiger partial charge is 0.276 e. The lowest BCUT2D eigenvalue weighted by Crippen LogP contribution is -2.14. The number of nitrogens with zero attached hydrogens (tertiary/aromatic N) is 3. The Morgan fingerprint density at radius 2 is 1.88 bits per heavy atom. The summed E-state index contributed by atoms with van der Waals surface area (Å²) in [7, 11) is 3.13. The van der Waals surface area contributed by atoms with Gasteiger partial charge in [0.15, 0.2) is 17.3 Å². The van der Waals surface area contributed by atoms with Gasteiger partial charge in [0.2, 0.25) is 5.95 Å². The van der Waals surface area contributed by atoms with Crippen LogP contribution in [0.1, 0.15) is 16.2 Å². The second kappa shape index (κ2) is 7.00. The number of methoxy groups -OCH3 is 2. The lowest BCUT2D eigenvalue weighted by atomic mass is 10.2. The highest BCUT2D eigenvalue weighted by molar-refractivity contribution is 6.01.